The lowest BCUT2D eigenvalue weighted by Gasteiger charge is -2.13. The molecule has 92 valence electrons. The Balaban J connectivity index is 2.56. The maximum atomic E-state index is 12.0. The second kappa shape index (κ2) is 4.92. The van der Waals surface area contributed by atoms with Crippen molar-refractivity contribution in [1.82, 2.24) is 0 Å². The van der Waals surface area contributed by atoms with Crippen LogP contribution in [0.4, 0.5) is 5.69 Å². The van der Waals surface area contributed by atoms with E-state index in [9.17, 15) is 9.59 Å². The first-order chi connectivity index (χ1) is 9.20. The molecule has 2 amide bonds. The van der Waals surface area contributed by atoms with Crippen LogP contribution in [0.15, 0.2) is 52.0 Å². The van der Waals surface area contributed by atoms with Gasteiger partial charge < -0.3 is 0 Å². The van der Waals surface area contributed by atoms with Gasteiger partial charge in [-0.25, -0.2) is 4.90 Å². The SMILES string of the molecule is [N-]=[N+]=NC1=C(N=[N+]=[N-])C(=O)N(c2ccccc2)C1=O. The lowest BCUT2D eigenvalue weighted by Crippen LogP contribution is -2.31. The largest absolute Gasteiger partial charge is 0.268 e. The zero-order chi connectivity index (χ0) is 13.8. The fourth-order valence-electron chi connectivity index (χ4n) is 1.59. The van der Waals surface area contributed by atoms with Crippen LogP contribution in [0.3, 0.4) is 0 Å². The van der Waals surface area contributed by atoms with Gasteiger partial charge in [0.15, 0.2) is 0 Å². The van der Waals surface area contributed by atoms with E-state index in [2.05, 4.69) is 20.1 Å². The molecule has 0 aromatic heterocycles. The van der Waals surface area contributed by atoms with Gasteiger partial charge in [0.2, 0.25) is 0 Å². The van der Waals surface area contributed by atoms with Crippen molar-refractivity contribution in [2.45, 2.75) is 0 Å². The van der Waals surface area contributed by atoms with Gasteiger partial charge >= 0.3 is 0 Å². The van der Waals surface area contributed by atoms with Crippen molar-refractivity contribution in [2.24, 2.45) is 10.2 Å². The molecule has 0 fully saturated rings. The molecule has 19 heavy (non-hydrogen) atoms. The summed E-state index contributed by atoms with van der Waals surface area (Å²) in [5.41, 5.74) is 16.0. The summed E-state index contributed by atoms with van der Waals surface area (Å²) in [6, 6.07) is 8.04. The number of para-hydroxylation sites is 1. The summed E-state index contributed by atoms with van der Waals surface area (Å²) in [4.78, 5) is 29.7. The lowest BCUT2D eigenvalue weighted by molar-refractivity contribution is -0.120. The van der Waals surface area contributed by atoms with Crippen LogP contribution in [0.25, 0.3) is 20.9 Å². The van der Waals surface area contributed by atoms with E-state index in [1.165, 1.54) is 12.1 Å². The molecule has 0 radical (unpaired) electrons. The van der Waals surface area contributed by atoms with E-state index in [4.69, 9.17) is 11.1 Å². The molecule has 0 saturated carbocycles. The second-order valence-electron chi connectivity index (χ2n) is 3.36. The number of carbonyl (C=O) groups excluding carboxylic acids is 2. The Kier molecular flexibility index (Phi) is 3.16. The van der Waals surface area contributed by atoms with Gasteiger partial charge in [0, 0.05) is 9.82 Å². The van der Waals surface area contributed by atoms with Gasteiger partial charge in [0.05, 0.1) is 5.69 Å². The van der Waals surface area contributed by atoms with Gasteiger partial charge in [-0.3, -0.25) is 9.59 Å². The van der Waals surface area contributed by atoms with Crippen molar-refractivity contribution in [3.63, 3.8) is 0 Å². The van der Waals surface area contributed by atoms with Gasteiger partial charge in [-0.15, -0.1) is 0 Å². The maximum absolute atomic E-state index is 12.0. The van der Waals surface area contributed by atoms with Crippen LogP contribution in [-0.2, 0) is 9.59 Å². The topological polar surface area (TPSA) is 135 Å². The fourth-order valence-corrected chi connectivity index (χ4v) is 1.59. The molecule has 1 aromatic carbocycles. The number of imide groups is 1. The molecule has 1 aliphatic heterocycles. The quantitative estimate of drug-likeness (QED) is 0.354. The number of hydrogen-bond donors (Lipinski definition) is 0. The van der Waals surface area contributed by atoms with E-state index in [0.717, 1.165) is 4.90 Å². The van der Waals surface area contributed by atoms with Crippen LogP contribution in [0.1, 0.15) is 0 Å². The minimum Gasteiger partial charge on any atom is -0.268 e. The van der Waals surface area contributed by atoms with Crippen LogP contribution in [0.2, 0.25) is 0 Å². The zero-order valence-electron chi connectivity index (χ0n) is 9.33. The minimum atomic E-state index is -0.823. The summed E-state index contributed by atoms with van der Waals surface area (Å²) in [5.74, 6) is -1.65. The number of nitrogens with zero attached hydrogens (tertiary/aromatic N) is 7. The smallest absolute Gasteiger partial charge is 0.268 e. The molecule has 9 heteroatoms. The summed E-state index contributed by atoms with van der Waals surface area (Å²) in [6.45, 7) is 0. The van der Waals surface area contributed by atoms with Crippen LogP contribution in [-0.4, -0.2) is 11.8 Å². The zero-order valence-corrected chi connectivity index (χ0v) is 9.33. The number of carbonyl (C=O) groups is 2. The third kappa shape index (κ3) is 1.98. The summed E-state index contributed by atoms with van der Waals surface area (Å²) in [5, 5.41) is 6.23. The third-order valence-corrected chi connectivity index (χ3v) is 2.34. The molecule has 2 rings (SSSR count). The van der Waals surface area contributed by atoms with Crippen molar-refractivity contribution in [1.29, 1.82) is 0 Å². The van der Waals surface area contributed by atoms with Crippen LogP contribution in [0.5, 0.6) is 0 Å². The summed E-state index contributed by atoms with van der Waals surface area (Å²) in [6.07, 6.45) is 0. The molecular weight excluding hydrogens is 250 g/mol. The highest BCUT2D eigenvalue weighted by molar-refractivity contribution is 6.32. The van der Waals surface area contributed by atoms with Gasteiger partial charge in [0.1, 0.15) is 11.4 Å². The van der Waals surface area contributed by atoms with Gasteiger partial charge in [-0.05, 0) is 23.2 Å². The Morgan fingerprint density at radius 1 is 0.895 bits per heavy atom. The molecule has 0 unspecified atom stereocenters. The van der Waals surface area contributed by atoms with Crippen molar-refractivity contribution in [2.75, 3.05) is 4.90 Å². The van der Waals surface area contributed by atoms with Crippen LogP contribution in [0, 0.1) is 0 Å². The maximum Gasteiger partial charge on any atom is 0.268 e. The molecule has 0 N–H and O–H groups in total. The first-order valence-corrected chi connectivity index (χ1v) is 4.99. The Bertz CT molecular complexity index is 641. The Labute approximate surface area is 106 Å². The number of benzene rings is 1. The minimum absolute atomic E-state index is 0.297. The fraction of sp³-hybridized carbons (Fsp3) is 0. The third-order valence-electron chi connectivity index (χ3n) is 2.34. The van der Waals surface area contributed by atoms with Crippen molar-refractivity contribution in [3.05, 3.63) is 62.6 Å². The van der Waals surface area contributed by atoms with Crippen molar-refractivity contribution >= 4 is 17.5 Å². The lowest BCUT2D eigenvalue weighted by atomic mass is 10.3. The summed E-state index contributed by atoms with van der Waals surface area (Å²) >= 11 is 0. The first-order valence-electron chi connectivity index (χ1n) is 4.99. The summed E-state index contributed by atoms with van der Waals surface area (Å²) in [7, 11) is 0. The average molecular weight is 255 g/mol. The highest BCUT2D eigenvalue weighted by Crippen LogP contribution is 2.28. The predicted octanol–water partition coefficient (Wildman–Crippen LogP) is 2.39. The molecular formula is C10H5N7O2. The molecule has 9 nitrogen and oxygen atoms in total. The van der Waals surface area contributed by atoms with E-state index >= 15 is 0 Å². The van der Waals surface area contributed by atoms with Gasteiger partial charge in [-0.1, -0.05) is 28.4 Å². The van der Waals surface area contributed by atoms with Crippen LogP contribution < -0.4 is 4.90 Å². The number of rotatable bonds is 3. The van der Waals surface area contributed by atoms with Crippen molar-refractivity contribution < 1.29 is 9.59 Å². The molecule has 0 spiro atoms. The molecule has 0 saturated heterocycles. The monoisotopic (exact) mass is 255 g/mol. The molecule has 1 aliphatic rings. The predicted molar refractivity (Wildman–Crippen MR) is 64.3 cm³/mol. The average Bonchev–Trinajstić information content (AvgIpc) is 2.65. The standard InChI is InChI=1S/C10H5N7O2/c11-15-13-7-8(14-16-12)10(19)17(9(7)18)6-4-2-1-3-5-6/h1-5H. The number of azide groups is 2. The number of amides is 2. The van der Waals surface area contributed by atoms with Gasteiger partial charge in [-0.2, -0.15) is 0 Å². The van der Waals surface area contributed by atoms with Crippen LogP contribution >= 0.6 is 0 Å². The highest BCUT2D eigenvalue weighted by Gasteiger charge is 2.38. The number of hydrogen-bond acceptors (Lipinski definition) is 4. The van der Waals surface area contributed by atoms with E-state index in [1.807, 2.05) is 0 Å². The normalized spacial score (nSPS) is 14.2. The Hall–Kier alpha value is -3.28. The Morgan fingerprint density at radius 2 is 1.37 bits per heavy atom. The number of anilines is 1. The first kappa shape index (κ1) is 12.2. The molecule has 0 atom stereocenters. The summed E-state index contributed by atoms with van der Waals surface area (Å²) < 4.78 is 0. The van der Waals surface area contributed by atoms with E-state index < -0.39 is 23.2 Å². The molecule has 0 aliphatic carbocycles. The Morgan fingerprint density at radius 3 is 1.79 bits per heavy atom. The van der Waals surface area contributed by atoms with E-state index in [-0.39, 0.29) is 0 Å². The second-order valence-corrected chi connectivity index (χ2v) is 3.36. The van der Waals surface area contributed by atoms with E-state index in [1.54, 1.807) is 18.2 Å². The van der Waals surface area contributed by atoms with Crippen molar-refractivity contribution in [3.8, 4) is 0 Å². The highest BCUT2D eigenvalue weighted by atomic mass is 16.2. The molecule has 1 heterocycles. The molecule has 1 aromatic rings. The van der Waals surface area contributed by atoms with E-state index in [0.29, 0.717) is 5.69 Å². The molecule has 0 bridgehead atoms. The van der Waals surface area contributed by atoms with Gasteiger partial charge in [0.25, 0.3) is 11.8 Å².